The zero-order valence-electron chi connectivity index (χ0n) is 32.0. The normalized spacial score (nSPS) is 18.0. The number of fused-ring (bicyclic) bond motifs is 6. The van der Waals surface area contributed by atoms with Crippen molar-refractivity contribution in [2.75, 3.05) is 4.90 Å². The molecule has 0 saturated carbocycles. The number of benzene rings is 5. The van der Waals surface area contributed by atoms with Crippen molar-refractivity contribution >= 4 is 33.9 Å². The van der Waals surface area contributed by atoms with E-state index in [-0.39, 0.29) is 11.3 Å². The number of allylic oxidation sites excluding steroid dienone is 5. The third-order valence-corrected chi connectivity index (χ3v) is 12.3. The van der Waals surface area contributed by atoms with Gasteiger partial charge in [0.15, 0.2) is 0 Å². The third-order valence-electron chi connectivity index (χ3n) is 12.3. The van der Waals surface area contributed by atoms with Crippen LogP contribution in [0, 0.1) is 11.8 Å². The highest BCUT2D eigenvalue weighted by Gasteiger charge is 2.36. The molecule has 2 aromatic heterocycles. The van der Waals surface area contributed by atoms with E-state index in [1.165, 1.54) is 72.6 Å². The average molecular weight is 712 g/mol. The standard InChI is InChI=1S/C52H45N3/c1-34-16-24-45-46-31-38(20-27-50(46)55(51(45)29-34)40-12-6-5-7-13-40)37-19-26-49(35(2)30-37)54(41-21-17-36(18-22-41)39-11-10-28-53-33-39)42-23-25-44-43-14-8-9-15-47(43)52(3,4)48(44)32-42/h5-28,31-35H,29-30H2,1-4H3. The smallest absolute Gasteiger partial charge is 0.0538 e. The highest BCUT2D eigenvalue weighted by atomic mass is 15.2. The summed E-state index contributed by atoms with van der Waals surface area (Å²) in [6, 6.07) is 47.1. The van der Waals surface area contributed by atoms with E-state index in [1.54, 1.807) is 0 Å². The maximum Gasteiger partial charge on any atom is 0.0538 e. The molecular weight excluding hydrogens is 667 g/mol. The molecular formula is C52H45N3. The summed E-state index contributed by atoms with van der Waals surface area (Å²) in [4.78, 5) is 6.87. The van der Waals surface area contributed by atoms with Crippen molar-refractivity contribution in [1.82, 2.24) is 9.55 Å². The SMILES string of the molecule is CC1C=Cc2c(n(-c3ccccc3)c3ccc(C4=CC=C(N(c5ccc(-c6cccnc6)cc5)c5ccc6c(c5)C(C)(C)c5ccccc5-6)C(C)C4)cc23)C1. The van der Waals surface area contributed by atoms with E-state index in [2.05, 4.69) is 188 Å². The van der Waals surface area contributed by atoms with Gasteiger partial charge in [0.05, 0.1) is 5.52 Å². The zero-order chi connectivity index (χ0) is 37.3. The van der Waals surface area contributed by atoms with Gasteiger partial charge in [0.2, 0.25) is 0 Å². The molecule has 2 atom stereocenters. The Hall–Kier alpha value is -6.19. The Bertz CT molecular complexity index is 2690. The first-order valence-corrected chi connectivity index (χ1v) is 19.7. The molecule has 0 fully saturated rings. The Kier molecular flexibility index (Phi) is 7.88. The van der Waals surface area contributed by atoms with Crippen LogP contribution in [-0.2, 0) is 11.8 Å². The molecule has 7 aromatic rings. The number of anilines is 2. The molecule has 3 aliphatic carbocycles. The number of rotatable bonds is 6. The predicted molar refractivity (Wildman–Crippen MR) is 231 cm³/mol. The van der Waals surface area contributed by atoms with Crippen LogP contribution >= 0.6 is 0 Å². The lowest BCUT2D eigenvalue weighted by atomic mass is 9.82. The van der Waals surface area contributed by atoms with Gasteiger partial charge in [-0.2, -0.15) is 0 Å². The Morgan fingerprint density at radius 2 is 1.44 bits per heavy atom. The van der Waals surface area contributed by atoms with Crippen molar-refractivity contribution in [2.45, 2.75) is 46.0 Å². The topological polar surface area (TPSA) is 21.1 Å². The monoisotopic (exact) mass is 711 g/mol. The molecule has 5 aromatic carbocycles. The minimum atomic E-state index is -0.0814. The highest BCUT2D eigenvalue weighted by molar-refractivity contribution is 5.96. The molecule has 3 aliphatic rings. The van der Waals surface area contributed by atoms with Gasteiger partial charge in [-0.05, 0) is 124 Å². The van der Waals surface area contributed by atoms with Gasteiger partial charge < -0.3 is 9.47 Å². The van der Waals surface area contributed by atoms with Crippen LogP contribution in [0.4, 0.5) is 11.4 Å². The summed E-state index contributed by atoms with van der Waals surface area (Å²) in [6.07, 6.45) is 15.2. The molecule has 55 heavy (non-hydrogen) atoms. The van der Waals surface area contributed by atoms with Gasteiger partial charge in [-0.3, -0.25) is 4.98 Å². The number of aromatic nitrogens is 2. The van der Waals surface area contributed by atoms with Crippen LogP contribution in [-0.4, -0.2) is 9.55 Å². The van der Waals surface area contributed by atoms with Gasteiger partial charge in [0, 0.05) is 63.1 Å². The lowest BCUT2D eigenvalue weighted by Gasteiger charge is -2.34. The van der Waals surface area contributed by atoms with Gasteiger partial charge in [0.1, 0.15) is 0 Å². The van der Waals surface area contributed by atoms with E-state index < -0.39 is 0 Å². The molecule has 3 nitrogen and oxygen atoms in total. The molecule has 0 aliphatic heterocycles. The summed E-state index contributed by atoms with van der Waals surface area (Å²) in [5.41, 5.74) is 19.3. The molecule has 0 bridgehead atoms. The maximum absolute atomic E-state index is 4.37. The van der Waals surface area contributed by atoms with Crippen LogP contribution in [0.3, 0.4) is 0 Å². The molecule has 0 spiro atoms. The number of hydrogen-bond donors (Lipinski definition) is 0. The molecule has 2 unspecified atom stereocenters. The van der Waals surface area contributed by atoms with Crippen LogP contribution in [0.1, 0.15) is 62.1 Å². The van der Waals surface area contributed by atoms with Crippen molar-refractivity contribution in [2.24, 2.45) is 11.8 Å². The Balaban J connectivity index is 1.07. The zero-order valence-corrected chi connectivity index (χ0v) is 32.0. The minimum absolute atomic E-state index is 0.0814. The second kappa shape index (κ2) is 13.0. The average Bonchev–Trinajstić information content (AvgIpc) is 3.66. The van der Waals surface area contributed by atoms with Gasteiger partial charge in [-0.1, -0.05) is 119 Å². The summed E-state index contributed by atoms with van der Waals surface area (Å²) in [7, 11) is 0. The lowest BCUT2D eigenvalue weighted by Crippen LogP contribution is -2.24. The van der Waals surface area contributed by atoms with E-state index in [0.717, 1.165) is 29.7 Å². The number of para-hydroxylation sites is 1. The fourth-order valence-corrected chi connectivity index (χ4v) is 9.44. The van der Waals surface area contributed by atoms with Crippen LogP contribution in [0.5, 0.6) is 0 Å². The minimum Gasteiger partial charge on any atom is -0.314 e. The van der Waals surface area contributed by atoms with Crippen molar-refractivity contribution < 1.29 is 0 Å². The number of pyridine rings is 1. The van der Waals surface area contributed by atoms with Gasteiger partial charge in [-0.25, -0.2) is 0 Å². The first-order chi connectivity index (χ1) is 26.8. The largest absolute Gasteiger partial charge is 0.314 e. The summed E-state index contributed by atoms with van der Waals surface area (Å²) in [6.45, 7) is 9.44. The summed E-state index contributed by atoms with van der Waals surface area (Å²) in [5.74, 6) is 0.807. The van der Waals surface area contributed by atoms with Crippen molar-refractivity contribution in [3.8, 4) is 27.9 Å². The highest BCUT2D eigenvalue weighted by Crippen LogP contribution is 2.51. The number of nitrogens with zero attached hydrogens (tertiary/aromatic N) is 3. The van der Waals surface area contributed by atoms with Gasteiger partial charge >= 0.3 is 0 Å². The lowest BCUT2D eigenvalue weighted by molar-refractivity contribution is 0.658. The third kappa shape index (κ3) is 5.52. The Labute approximate surface area is 324 Å². The van der Waals surface area contributed by atoms with Crippen LogP contribution in [0.15, 0.2) is 164 Å². The fraction of sp³-hybridized carbons (Fsp3) is 0.173. The van der Waals surface area contributed by atoms with E-state index in [9.17, 15) is 0 Å². The first-order valence-electron chi connectivity index (χ1n) is 19.7. The molecule has 0 amide bonds. The van der Waals surface area contributed by atoms with Crippen LogP contribution < -0.4 is 4.90 Å². The summed E-state index contributed by atoms with van der Waals surface area (Å²) in [5, 5.41) is 1.33. The van der Waals surface area contributed by atoms with Gasteiger partial charge in [-0.15, -0.1) is 0 Å². The quantitative estimate of drug-likeness (QED) is 0.171. The molecule has 268 valence electrons. The maximum atomic E-state index is 4.37. The number of hydrogen-bond acceptors (Lipinski definition) is 2. The molecule has 2 heterocycles. The molecule has 0 saturated heterocycles. The molecule has 3 heteroatoms. The molecule has 0 radical (unpaired) electrons. The van der Waals surface area contributed by atoms with E-state index in [1.807, 2.05) is 18.5 Å². The van der Waals surface area contributed by atoms with Crippen molar-refractivity contribution in [3.05, 3.63) is 192 Å². The fourth-order valence-electron chi connectivity index (χ4n) is 9.44. The van der Waals surface area contributed by atoms with Gasteiger partial charge in [0.25, 0.3) is 0 Å². The summed E-state index contributed by atoms with van der Waals surface area (Å²) < 4.78 is 2.48. The second-order valence-electron chi connectivity index (χ2n) is 16.2. The summed E-state index contributed by atoms with van der Waals surface area (Å²) >= 11 is 0. The van der Waals surface area contributed by atoms with Crippen LogP contribution in [0.2, 0.25) is 0 Å². The second-order valence-corrected chi connectivity index (χ2v) is 16.2. The Morgan fingerprint density at radius 3 is 2.24 bits per heavy atom. The molecule has 0 N–H and O–H groups in total. The van der Waals surface area contributed by atoms with E-state index >= 15 is 0 Å². The van der Waals surface area contributed by atoms with Crippen molar-refractivity contribution in [1.29, 1.82) is 0 Å². The Morgan fingerprint density at radius 1 is 0.673 bits per heavy atom. The van der Waals surface area contributed by atoms with Crippen LogP contribution in [0.25, 0.3) is 50.5 Å². The van der Waals surface area contributed by atoms with E-state index in [0.29, 0.717) is 5.92 Å². The van der Waals surface area contributed by atoms with E-state index in [4.69, 9.17) is 0 Å². The predicted octanol–water partition coefficient (Wildman–Crippen LogP) is 13.3. The van der Waals surface area contributed by atoms with Crippen molar-refractivity contribution in [3.63, 3.8) is 0 Å². The first kappa shape index (κ1) is 33.4. The molecule has 10 rings (SSSR count).